The second-order valence-electron chi connectivity index (χ2n) is 4.13. The van der Waals surface area contributed by atoms with Crippen LogP contribution < -0.4 is 4.31 Å². The van der Waals surface area contributed by atoms with Crippen molar-refractivity contribution in [2.45, 2.75) is 9.79 Å². The van der Waals surface area contributed by atoms with Gasteiger partial charge in [-0.25, -0.2) is 8.42 Å². The van der Waals surface area contributed by atoms with Gasteiger partial charge in [-0.1, -0.05) is 22.0 Å². The van der Waals surface area contributed by atoms with E-state index in [0.717, 1.165) is 9.37 Å². The van der Waals surface area contributed by atoms with Gasteiger partial charge in [0, 0.05) is 16.4 Å². The van der Waals surface area contributed by atoms with E-state index in [9.17, 15) is 8.42 Å². The highest BCUT2D eigenvalue weighted by Gasteiger charge is 2.21. The lowest BCUT2D eigenvalue weighted by Crippen LogP contribution is -2.26. The molecule has 0 fully saturated rings. The zero-order chi connectivity index (χ0) is 14.8. The average Bonchev–Trinajstić information content (AvgIpc) is 2.46. The van der Waals surface area contributed by atoms with E-state index in [1.807, 2.05) is 30.5 Å². The summed E-state index contributed by atoms with van der Waals surface area (Å²) >= 11 is 4.93. The van der Waals surface area contributed by atoms with Crippen molar-refractivity contribution < 1.29 is 8.42 Å². The summed E-state index contributed by atoms with van der Waals surface area (Å²) in [5.74, 6) is 0. The van der Waals surface area contributed by atoms with Crippen LogP contribution in [0.1, 0.15) is 0 Å². The number of benzene rings is 2. The van der Waals surface area contributed by atoms with E-state index >= 15 is 0 Å². The Bertz CT molecular complexity index is 699. The molecule has 0 saturated heterocycles. The lowest BCUT2D eigenvalue weighted by Gasteiger charge is -2.19. The first-order chi connectivity index (χ1) is 9.45. The third kappa shape index (κ3) is 3.19. The number of anilines is 1. The Morgan fingerprint density at radius 3 is 2.30 bits per heavy atom. The monoisotopic (exact) mass is 371 g/mol. The van der Waals surface area contributed by atoms with Crippen molar-refractivity contribution in [2.75, 3.05) is 17.6 Å². The molecule has 0 aliphatic heterocycles. The minimum atomic E-state index is -3.53. The minimum absolute atomic E-state index is 0.290. The molecule has 0 saturated carbocycles. The van der Waals surface area contributed by atoms with Crippen LogP contribution in [0, 0.1) is 0 Å². The zero-order valence-electron chi connectivity index (χ0n) is 11.1. The topological polar surface area (TPSA) is 37.4 Å². The summed E-state index contributed by atoms with van der Waals surface area (Å²) in [6.07, 6.45) is 1.96. The maximum atomic E-state index is 12.5. The number of halogens is 1. The van der Waals surface area contributed by atoms with Gasteiger partial charge in [0.2, 0.25) is 0 Å². The predicted octanol–water partition coefficient (Wildman–Crippen LogP) is 4.00. The SMILES string of the molecule is CSc1ccc(S(=O)(=O)N(C)c2cccc(Br)c2)cc1. The van der Waals surface area contributed by atoms with E-state index in [2.05, 4.69) is 15.9 Å². The first-order valence-electron chi connectivity index (χ1n) is 5.83. The van der Waals surface area contributed by atoms with Crippen LogP contribution in [0.5, 0.6) is 0 Å². The number of sulfonamides is 1. The molecular weight excluding hydrogens is 358 g/mol. The van der Waals surface area contributed by atoms with E-state index in [4.69, 9.17) is 0 Å². The Morgan fingerprint density at radius 2 is 1.75 bits per heavy atom. The summed E-state index contributed by atoms with van der Waals surface area (Å²) in [5.41, 5.74) is 0.619. The maximum Gasteiger partial charge on any atom is 0.264 e. The van der Waals surface area contributed by atoms with Crippen LogP contribution in [-0.2, 0) is 10.0 Å². The molecule has 0 radical (unpaired) electrons. The van der Waals surface area contributed by atoms with Crippen LogP contribution in [0.25, 0.3) is 0 Å². The molecule has 6 heteroatoms. The summed E-state index contributed by atoms with van der Waals surface area (Å²) in [4.78, 5) is 1.33. The fourth-order valence-corrected chi connectivity index (χ4v) is 3.70. The summed E-state index contributed by atoms with van der Waals surface area (Å²) in [6.45, 7) is 0. The first-order valence-corrected chi connectivity index (χ1v) is 9.29. The molecule has 0 heterocycles. The van der Waals surface area contributed by atoms with Gasteiger partial charge < -0.3 is 0 Å². The maximum absolute atomic E-state index is 12.5. The number of rotatable bonds is 4. The molecule has 0 amide bonds. The molecule has 0 aliphatic rings. The number of hydrogen-bond donors (Lipinski definition) is 0. The second-order valence-corrected chi connectivity index (χ2v) is 7.89. The molecule has 0 atom stereocenters. The Hall–Kier alpha value is -0.980. The lowest BCUT2D eigenvalue weighted by atomic mass is 10.3. The van der Waals surface area contributed by atoms with Crippen molar-refractivity contribution in [3.63, 3.8) is 0 Å². The van der Waals surface area contributed by atoms with Crippen molar-refractivity contribution in [2.24, 2.45) is 0 Å². The highest BCUT2D eigenvalue weighted by Crippen LogP contribution is 2.25. The summed E-state index contributed by atoms with van der Waals surface area (Å²) in [5, 5.41) is 0. The quantitative estimate of drug-likeness (QED) is 0.762. The molecule has 0 aliphatic carbocycles. The van der Waals surface area contributed by atoms with Crippen LogP contribution in [0.4, 0.5) is 5.69 Å². The standard InChI is InChI=1S/C14H14BrNO2S2/c1-16(12-5-3-4-11(15)10-12)20(17,18)14-8-6-13(19-2)7-9-14/h3-10H,1-2H3. The van der Waals surface area contributed by atoms with Gasteiger partial charge in [-0.3, -0.25) is 4.31 Å². The number of nitrogens with zero attached hydrogens (tertiary/aromatic N) is 1. The van der Waals surface area contributed by atoms with Crippen molar-refractivity contribution in [3.05, 3.63) is 53.0 Å². The number of hydrogen-bond acceptors (Lipinski definition) is 3. The van der Waals surface area contributed by atoms with Gasteiger partial charge in [0.15, 0.2) is 0 Å². The van der Waals surface area contributed by atoms with Gasteiger partial charge in [-0.05, 0) is 48.7 Å². The minimum Gasteiger partial charge on any atom is -0.269 e. The summed E-state index contributed by atoms with van der Waals surface area (Å²) < 4.78 is 27.2. The molecule has 0 bridgehead atoms. The fraction of sp³-hybridized carbons (Fsp3) is 0.143. The van der Waals surface area contributed by atoms with Gasteiger partial charge in [-0.2, -0.15) is 0 Å². The lowest BCUT2D eigenvalue weighted by molar-refractivity contribution is 0.594. The third-order valence-corrected chi connectivity index (χ3v) is 5.93. The Labute approximate surface area is 132 Å². The predicted molar refractivity (Wildman–Crippen MR) is 88.0 cm³/mol. The molecule has 0 N–H and O–H groups in total. The van der Waals surface area contributed by atoms with E-state index in [1.165, 1.54) is 4.31 Å². The Kier molecular flexibility index (Phi) is 4.78. The molecule has 2 aromatic rings. The molecule has 2 rings (SSSR count). The van der Waals surface area contributed by atoms with Gasteiger partial charge in [0.25, 0.3) is 10.0 Å². The van der Waals surface area contributed by atoms with Crippen LogP contribution in [0.3, 0.4) is 0 Å². The van der Waals surface area contributed by atoms with Gasteiger partial charge >= 0.3 is 0 Å². The van der Waals surface area contributed by atoms with Crippen LogP contribution >= 0.6 is 27.7 Å². The van der Waals surface area contributed by atoms with Gasteiger partial charge in [0.05, 0.1) is 10.6 Å². The normalized spacial score (nSPS) is 11.3. The molecule has 3 nitrogen and oxygen atoms in total. The van der Waals surface area contributed by atoms with Crippen LogP contribution in [0.15, 0.2) is 62.8 Å². The number of thioether (sulfide) groups is 1. The molecule has 0 spiro atoms. The first kappa shape index (κ1) is 15.4. The molecular formula is C14H14BrNO2S2. The molecule has 0 unspecified atom stereocenters. The molecule has 2 aromatic carbocycles. The van der Waals surface area contributed by atoms with E-state index in [0.29, 0.717) is 5.69 Å². The molecule has 106 valence electrons. The highest BCUT2D eigenvalue weighted by atomic mass is 79.9. The van der Waals surface area contributed by atoms with Crippen molar-refractivity contribution in [1.82, 2.24) is 0 Å². The van der Waals surface area contributed by atoms with Crippen LogP contribution in [-0.4, -0.2) is 21.7 Å². The third-order valence-electron chi connectivity index (χ3n) is 2.89. The van der Waals surface area contributed by atoms with Crippen molar-refractivity contribution >= 4 is 43.4 Å². The Balaban J connectivity index is 2.38. The highest BCUT2D eigenvalue weighted by molar-refractivity contribution is 9.10. The fourth-order valence-electron chi connectivity index (χ4n) is 1.72. The van der Waals surface area contributed by atoms with Crippen molar-refractivity contribution in [3.8, 4) is 0 Å². The van der Waals surface area contributed by atoms with E-state index < -0.39 is 10.0 Å². The molecule has 0 aromatic heterocycles. The largest absolute Gasteiger partial charge is 0.269 e. The Morgan fingerprint density at radius 1 is 1.10 bits per heavy atom. The van der Waals surface area contributed by atoms with Gasteiger partial charge in [-0.15, -0.1) is 11.8 Å². The molecule has 20 heavy (non-hydrogen) atoms. The smallest absolute Gasteiger partial charge is 0.264 e. The van der Waals surface area contributed by atoms with E-state index in [-0.39, 0.29) is 4.90 Å². The van der Waals surface area contributed by atoms with Crippen LogP contribution in [0.2, 0.25) is 0 Å². The van der Waals surface area contributed by atoms with Gasteiger partial charge in [0.1, 0.15) is 0 Å². The average molecular weight is 372 g/mol. The van der Waals surface area contributed by atoms with E-state index in [1.54, 1.807) is 43.1 Å². The zero-order valence-corrected chi connectivity index (χ0v) is 14.3. The summed E-state index contributed by atoms with van der Waals surface area (Å²) in [6, 6.07) is 14.1. The summed E-state index contributed by atoms with van der Waals surface area (Å²) in [7, 11) is -1.98. The van der Waals surface area contributed by atoms with Crippen molar-refractivity contribution in [1.29, 1.82) is 0 Å². The second kappa shape index (κ2) is 6.20.